The first-order chi connectivity index (χ1) is 17.2. The number of hydrogen-bond acceptors (Lipinski definition) is 7. The van der Waals surface area contributed by atoms with Crippen molar-refractivity contribution in [1.29, 1.82) is 0 Å². The monoisotopic (exact) mass is 557 g/mol. The van der Waals surface area contributed by atoms with Gasteiger partial charge in [0.25, 0.3) is 10.1 Å². The second-order valence-electron chi connectivity index (χ2n) is 13.8. The Morgan fingerprint density at radius 2 is 1.86 bits per heavy atom. The van der Waals surface area contributed by atoms with Crippen molar-refractivity contribution >= 4 is 33.3 Å². The van der Waals surface area contributed by atoms with Gasteiger partial charge >= 0.3 is 0 Å². The molecule has 5 aliphatic rings. The molecule has 1 heterocycles. The topological polar surface area (TPSA) is 90.0 Å². The van der Waals surface area contributed by atoms with Crippen LogP contribution in [0.5, 0.6) is 0 Å². The largest absolute Gasteiger partial charge is 0.373 e. The molecule has 0 N–H and O–H groups in total. The standard InChI is InChI=1S/C28H44ClNO6S/c1-26(2)16-30(10-11-35-26)21-13-27(3)17(12-24(21)36-37(5,33)34)6-7-18-19-8-9-20(23(32)15-29)28(19,4)14-22(31)25(18)27/h17-21,24-25H,6-16H2,1-5H3/t17-,18-,19-,20+,21-,24-,25+,27-,28-/m0/s1. The number of nitrogens with zero attached hydrogens (tertiary/aromatic N) is 1. The Kier molecular flexibility index (Phi) is 7.22. The van der Waals surface area contributed by atoms with E-state index in [0.29, 0.717) is 37.7 Å². The first-order valence-corrected chi connectivity index (χ1v) is 16.4. The highest BCUT2D eigenvalue weighted by atomic mass is 35.5. The summed E-state index contributed by atoms with van der Waals surface area (Å²) >= 11 is 5.98. The van der Waals surface area contributed by atoms with E-state index in [2.05, 4.69) is 32.6 Å². The minimum Gasteiger partial charge on any atom is -0.373 e. The summed E-state index contributed by atoms with van der Waals surface area (Å²) < 4.78 is 36.3. The molecule has 0 aromatic carbocycles. The van der Waals surface area contributed by atoms with Gasteiger partial charge in [0.05, 0.1) is 30.4 Å². The van der Waals surface area contributed by atoms with Crippen molar-refractivity contribution in [3.05, 3.63) is 0 Å². The smallest absolute Gasteiger partial charge is 0.264 e. The van der Waals surface area contributed by atoms with Gasteiger partial charge < -0.3 is 4.74 Å². The predicted molar refractivity (Wildman–Crippen MR) is 142 cm³/mol. The van der Waals surface area contributed by atoms with Gasteiger partial charge in [-0.15, -0.1) is 11.6 Å². The molecule has 1 aliphatic heterocycles. The molecule has 4 aliphatic carbocycles. The maximum Gasteiger partial charge on any atom is 0.264 e. The van der Waals surface area contributed by atoms with Crippen LogP contribution in [0.4, 0.5) is 0 Å². The average molecular weight is 558 g/mol. The van der Waals surface area contributed by atoms with E-state index in [0.717, 1.165) is 44.9 Å². The third-order valence-electron chi connectivity index (χ3n) is 11.1. The highest BCUT2D eigenvalue weighted by Gasteiger charge is 2.65. The average Bonchev–Trinajstić information content (AvgIpc) is 3.13. The van der Waals surface area contributed by atoms with Crippen LogP contribution in [0.15, 0.2) is 0 Å². The fourth-order valence-corrected chi connectivity index (χ4v) is 10.6. The van der Waals surface area contributed by atoms with Gasteiger partial charge in [-0.2, -0.15) is 8.42 Å². The second-order valence-corrected chi connectivity index (χ2v) is 15.7. The van der Waals surface area contributed by atoms with Crippen LogP contribution in [-0.4, -0.2) is 74.5 Å². The zero-order valence-corrected chi connectivity index (χ0v) is 24.6. The lowest BCUT2D eigenvalue weighted by atomic mass is 9.43. The van der Waals surface area contributed by atoms with E-state index in [1.807, 2.05) is 0 Å². The van der Waals surface area contributed by atoms with Gasteiger partial charge in [0.15, 0.2) is 5.78 Å². The third kappa shape index (κ3) is 4.85. The zero-order valence-electron chi connectivity index (χ0n) is 23.0. The molecular formula is C28H44ClNO6S. The van der Waals surface area contributed by atoms with Crippen LogP contribution in [0.25, 0.3) is 0 Å². The van der Waals surface area contributed by atoms with Gasteiger partial charge in [0.1, 0.15) is 5.78 Å². The Labute approximate surface area is 227 Å². The number of rotatable bonds is 5. The van der Waals surface area contributed by atoms with E-state index in [1.165, 1.54) is 0 Å². The zero-order chi connectivity index (χ0) is 27.0. The van der Waals surface area contributed by atoms with Crippen molar-refractivity contribution in [2.45, 2.75) is 90.4 Å². The van der Waals surface area contributed by atoms with Crippen LogP contribution < -0.4 is 0 Å². The first kappa shape index (κ1) is 28.0. The summed E-state index contributed by atoms with van der Waals surface area (Å²) in [6.07, 6.45) is 6.32. The van der Waals surface area contributed by atoms with Gasteiger partial charge in [-0.3, -0.25) is 18.7 Å². The summed E-state index contributed by atoms with van der Waals surface area (Å²) in [4.78, 5) is 29.2. The molecule has 9 heteroatoms. The minimum absolute atomic E-state index is 0.0222. The molecule has 37 heavy (non-hydrogen) atoms. The maximum absolute atomic E-state index is 14.1. The number of morpholine rings is 1. The highest BCUT2D eigenvalue weighted by molar-refractivity contribution is 7.86. The maximum atomic E-state index is 14.1. The van der Waals surface area contributed by atoms with Gasteiger partial charge in [0, 0.05) is 37.4 Å². The molecule has 7 nitrogen and oxygen atoms in total. The number of hydrogen-bond donors (Lipinski definition) is 0. The predicted octanol–water partition coefficient (Wildman–Crippen LogP) is 4.07. The summed E-state index contributed by atoms with van der Waals surface area (Å²) in [5.74, 6) is 1.11. The molecule has 0 aromatic heterocycles. The van der Waals surface area contributed by atoms with Gasteiger partial charge in [-0.25, -0.2) is 0 Å². The summed E-state index contributed by atoms with van der Waals surface area (Å²) in [7, 11) is -3.62. The van der Waals surface area contributed by atoms with Crippen LogP contribution in [0.1, 0.15) is 72.6 Å². The van der Waals surface area contributed by atoms with E-state index in [1.54, 1.807) is 0 Å². The SMILES string of the molecule is CC1(C)CN([C@H]2C[C@@]3(C)[C@@H](CC[C@H]4[C@@H]5CC[C@H](C(=O)CCl)[C@@]5(C)CC(=O)[C@@H]43)C[C@@H]2OS(C)(=O)=O)CCO1. The summed E-state index contributed by atoms with van der Waals surface area (Å²) in [5.41, 5.74) is -0.838. The number of Topliss-reactive ketones (excluding diaryl/α,β-unsaturated/α-hetero) is 2. The second kappa shape index (κ2) is 9.53. The number of carbonyl (C=O) groups excluding carboxylic acids is 2. The highest BCUT2D eigenvalue weighted by Crippen LogP contribution is 2.67. The summed E-state index contributed by atoms with van der Waals surface area (Å²) in [5, 5.41) is 0. The quantitative estimate of drug-likeness (QED) is 0.372. The molecular weight excluding hydrogens is 514 g/mol. The fraction of sp³-hybridized carbons (Fsp3) is 0.929. The molecule has 5 rings (SSSR count). The molecule has 0 bridgehead atoms. The fourth-order valence-electron chi connectivity index (χ4n) is 9.73. The Bertz CT molecular complexity index is 1050. The Morgan fingerprint density at radius 3 is 2.51 bits per heavy atom. The normalized spacial score (nSPS) is 46.1. The van der Waals surface area contributed by atoms with Crippen LogP contribution >= 0.6 is 11.6 Å². The van der Waals surface area contributed by atoms with E-state index in [9.17, 15) is 18.0 Å². The number of fused-ring (bicyclic) bond motifs is 5. The lowest BCUT2D eigenvalue weighted by molar-refractivity contribution is -0.174. The van der Waals surface area contributed by atoms with Crippen molar-refractivity contribution in [2.24, 2.45) is 40.4 Å². The molecule has 0 amide bonds. The molecule has 210 valence electrons. The van der Waals surface area contributed by atoms with Gasteiger partial charge in [-0.1, -0.05) is 13.8 Å². The van der Waals surface area contributed by atoms with Crippen molar-refractivity contribution in [3.63, 3.8) is 0 Å². The number of alkyl halides is 1. The Balaban J connectivity index is 1.47. The minimum atomic E-state index is -3.62. The number of carbonyl (C=O) groups is 2. The molecule has 0 unspecified atom stereocenters. The van der Waals surface area contributed by atoms with Crippen LogP contribution in [0, 0.1) is 40.4 Å². The molecule has 0 spiro atoms. The molecule has 9 atom stereocenters. The molecule has 5 fully saturated rings. The molecule has 0 radical (unpaired) electrons. The molecule has 1 saturated heterocycles. The van der Waals surface area contributed by atoms with Gasteiger partial charge in [-0.05, 0) is 81.0 Å². The lowest BCUT2D eigenvalue weighted by Gasteiger charge is -2.62. The number of halogens is 1. The summed E-state index contributed by atoms with van der Waals surface area (Å²) in [6, 6.07) is -0.0897. The van der Waals surface area contributed by atoms with Crippen LogP contribution in [0.3, 0.4) is 0 Å². The van der Waals surface area contributed by atoms with Crippen LogP contribution in [0.2, 0.25) is 0 Å². The Hall–Kier alpha value is -0.540. The van der Waals surface area contributed by atoms with Gasteiger partial charge in [0.2, 0.25) is 0 Å². The van der Waals surface area contributed by atoms with Crippen molar-refractivity contribution in [1.82, 2.24) is 4.90 Å². The Morgan fingerprint density at radius 1 is 1.14 bits per heavy atom. The summed E-state index contributed by atoms with van der Waals surface area (Å²) in [6.45, 7) is 10.6. The molecule has 4 saturated carbocycles. The van der Waals surface area contributed by atoms with E-state index in [4.69, 9.17) is 20.5 Å². The third-order valence-corrected chi connectivity index (χ3v) is 11.9. The van der Waals surface area contributed by atoms with E-state index in [-0.39, 0.29) is 57.8 Å². The number of ether oxygens (including phenoxy) is 1. The van der Waals surface area contributed by atoms with E-state index >= 15 is 0 Å². The number of ketones is 2. The van der Waals surface area contributed by atoms with Crippen LogP contribution in [-0.2, 0) is 28.6 Å². The van der Waals surface area contributed by atoms with Crippen molar-refractivity contribution in [2.75, 3.05) is 31.8 Å². The molecule has 0 aromatic rings. The first-order valence-electron chi connectivity index (χ1n) is 14.1. The van der Waals surface area contributed by atoms with Crippen molar-refractivity contribution in [3.8, 4) is 0 Å². The van der Waals surface area contributed by atoms with Crippen molar-refractivity contribution < 1.29 is 26.9 Å². The lowest BCUT2D eigenvalue weighted by Crippen LogP contribution is -2.64. The van der Waals surface area contributed by atoms with E-state index < -0.39 is 16.2 Å².